The summed E-state index contributed by atoms with van der Waals surface area (Å²) >= 11 is 0. The van der Waals surface area contributed by atoms with Crippen molar-refractivity contribution in [1.29, 1.82) is 0 Å². The molecule has 0 spiro atoms. The molecular formula is C13H18BF6O4P. The minimum Gasteiger partial charge on any atom is -0.465 e. The average molecular weight is 394 g/mol. The van der Waals surface area contributed by atoms with Gasteiger partial charge in [0.2, 0.25) is 0 Å². The predicted molar refractivity (Wildman–Crippen MR) is 82.0 cm³/mol. The van der Waals surface area contributed by atoms with Crippen LogP contribution in [0.2, 0.25) is 0 Å². The van der Waals surface area contributed by atoms with E-state index in [-0.39, 0.29) is 21.2 Å². The van der Waals surface area contributed by atoms with Crippen molar-refractivity contribution in [3.05, 3.63) is 12.2 Å². The van der Waals surface area contributed by atoms with Gasteiger partial charge in [-0.25, -0.2) is 31.1 Å². The number of hydrogen-bond donors (Lipinski definition) is 0. The van der Waals surface area contributed by atoms with E-state index in [2.05, 4.69) is 15.8 Å². The first-order valence-electron chi connectivity index (χ1n) is 7.02. The third-order valence-electron chi connectivity index (χ3n) is 2.66. The van der Waals surface area contributed by atoms with Gasteiger partial charge >= 0.3 is 11.9 Å². The van der Waals surface area contributed by atoms with Crippen molar-refractivity contribution >= 4 is 28.2 Å². The molecule has 0 aromatic rings. The van der Waals surface area contributed by atoms with Gasteiger partial charge in [0.25, 0.3) is 17.8 Å². The molecule has 0 aliphatic heterocycles. The molecule has 0 radical (unpaired) electrons. The highest BCUT2D eigenvalue weighted by Gasteiger charge is 2.47. The van der Waals surface area contributed by atoms with Crippen molar-refractivity contribution in [2.45, 2.75) is 50.4 Å². The number of rotatable bonds is 11. The molecule has 4 nitrogen and oxygen atoms in total. The van der Waals surface area contributed by atoms with Crippen LogP contribution in [0.15, 0.2) is 12.2 Å². The summed E-state index contributed by atoms with van der Waals surface area (Å²) in [5, 5.41) is 0. The van der Waals surface area contributed by atoms with Crippen LogP contribution < -0.4 is 0 Å². The van der Waals surface area contributed by atoms with Gasteiger partial charge in [0.05, 0.1) is 25.9 Å². The van der Waals surface area contributed by atoms with Crippen LogP contribution in [0.3, 0.4) is 0 Å². The number of alkyl halides is 6. The Morgan fingerprint density at radius 3 is 2.12 bits per heavy atom. The van der Waals surface area contributed by atoms with Crippen LogP contribution in [0.4, 0.5) is 26.3 Å². The van der Waals surface area contributed by atoms with Crippen molar-refractivity contribution in [2.75, 3.05) is 6.61 Å². The maximum absolute atomic E-state index is 13.4. The first-order valence-corrected chi connectivity index (χ1v) is 8.43. The largest absolute Gasteiger partial charge is 0.465 e. The molecule has 0 N–H and O–H groups in total. The smallest absolute Gasteiger partial charge is 0.335 e. The molecule has 0 saturated carbocycles. The molecule has 0 aromatic carbocycles. The van der Waals surface area contributed by atoms with Gasteiger partial charge in [0, 0.05) is 20.7 Å². The number of ether oxygens (including phenoxy) is 1. The van der Waals surface area contributed by atoms with Crippen molar-refractivity contribution in [2.24, 2.45) is 0 Å². The third kappa shape index (κ3) is 11.9. The van der Waals surface area contributed by atoms with Crippen molar-refractivity contribution in [3.63, 3.8) is 0 Å². The van der Waals surface area contributed by atoms with E-state index in [0.29, 0.717) is 0 Å². The molecule has 1 unspecified atom stereocenters. The van der Waals surface area contributed by atoms with Crippen LogP contribution in [0, 0.1) is 0 Å². The Morgan fingerprint density at radius 1 is 1.08 bits per heavy atom. The Kier molecular flexibility index (Phi) is 8.98. The number of hydrogen-bond acceptors (Lipinski definition) is 4. The van der Waals surface area contributed by atoms with Crippen LogP contribution >= 0.6 is 8.69 Å². The Labute approximate surface area is 143 Å². The molecular weight excluding hydrogens is 376 g/mol. The molecule has 0 aliphatic carbocycles. The second-order valence-corrected chi connectivity index (χ2v) is 6.09. The average Bonchev–Trinajstić information content (AvgIpc) is 2.33. The number of carbonyl (C=O) groups is 2. The molecule has 0 rings (SSSR count). The van der Waals surface area contributed by atoms with Gasteiger partial charge in [-0.15, -0.1) is 0 Å². The molecule has 0 aromatic heterocycles. The van der Waals surface area contributed by atoms with E-state index >= 15 is 0 Å². The first kappa shape index (κ1) is 23.8. The van der Waals surface area contributed by atoms with Crippen molar-refractivity contribution in [3.8, 4) is 0 Å². The lowest BCUT2D eigenvalue weighted by molar-refractivity contribution is -0.160. The fourth-order valence-corrected chi connectivity index (χ4v) is 2.09. The second-order valence-electron chi connectivity index (χ2n) is 5.48. The van der Waals surface area contributed by atoms with Crippen LogP contribution in [-0.2, 0) is 18.8 Å². The van der Waals surface area contributed by atoms with Gasteiger partial charge in [-0.3, -0.25) is 4.79 Å². The molecule has 0 heterocycles. The minimum atomic E-state index is -4.27. The topological polar surface area (TPSA) is 52.6 Å². The van der Waals surface area contributed by atoms with Gasteiger partial charge in [-0.05, 0) is 6.92 Å². The van der Waals surface area contributed by atoms with E-state index in [1.54, 1.807) is 7.57 Å². The molecule has 144 valence electrons. The minimum absolute atomic E-state index is 0.175. The van der Waals surface area contributed by atoms with Crippen LogP contribution in [0.5, 0.6) is 0 Å². The molecule has 12 heteroatoms. The fourth-order valence-electron chi connectivity index (χ4n) is 1.76. The van der Waals surface area contributed by atoms with E-state index in [9.17, 15) is 35.9 Å². The summed E-state index contributed by atoms with van der Waals surface area (Å²) in [7, 11) is 1.38. The van der Waals surface area contributed by atoms with Gasteiger partial charge in [-0.1, -0.05) is 6.58 Å². The summed E-state index contributed by atoms with van der Waals surface area (Å²) in [5.74, 6) is -14.0. The van der Waals surface area contributed by atoms with Crippen LogP contribution in [0.1, 0.15) is 32.6 Å². The summed E-state index contributed by atoms with van der Waals surface area (Å²) in [6.07, 6.45) is -5.96. The van der Waals surface area contributed by atoms with Gasteiger partial charge in [0.15, 0.2) is 7.57 Å². The molecule has 0 aliphatic rings. The lowest BCUT2D eigenvalue weighted by Gasteiger charge is -2.25. The zero-order chi connectivity index (χ0) is 19.9. The van der Waals surface area contributed by atoms with Gasteiger partial charge in [0.1, 0.15) is 0 Å². The lowest BCUT2D eigenvalue weighted by Crippen LogP contribution is -2.34. The van der Waals surface area contributed by atoms with Crippen molar-refractivity contribution < 1.29 is 45.2 Å². The summed E-state index contributed by atoms with van der Waals surface area (Å²) in [4.78, 5) is 22.5. The summed E-state index contributed by atoms with van der Waals surface area (Å²) < 4.78 is 87.4. The molecule has 0 bridgehead atoms. The fraction of sp³-hybridized carbons (Fsp3) is 0.692. The standard InChI is InChI=1S/C13H18BF6O4P/c1-8(10(22)24-25-14)5-9(21)23-4-3-12(17,18)7-13(19,20)6-11(2,15)16/h25H,1,3-7,14H2,2H3. The van der Waals surface area contributed by atoms with Crippen molar-refractivity contribution in [1.82, 2.24) is 0 Å². The zero-order valence-corrected chi connectivity index (χ0v) is 14.6. The van der Waals surface area contributed by atoms with E-state index in [1.165, 1.54) is 0 Å². The highest BCUT2D eigenvalue weighted by molar-refractivity contribution is 7.62. The quantitative estimate of drug-likeness (QED) is 0.178. The highest BCUT2D eigenvalue weighted by atomic mass is 31.1. The summed E-state index contributed by atoms with van der Waals surface area (Å²) in [6.45, 7) is 2.55. The van der Waals surface area contributed by atoms with E-state index in [0.717, 1.165) is 0 Å². The summed E-state index contributed by atoms with van der Waals surface area (Å²) in [5.41, 5.74) is -0.247. The number of esters is 1. The van der Waals surface area contributed by atoms with E-state index in [1.807, 2.05) is 0 Å². The molecule has 25 heavy (non-hydrogen) atoms. The predicted octanol–water partition coefficient (Wildman–Crippen LogP) is 3.26. The molecule has 0 fully saturated rings. The second kappa shape index (κ2) is 9.45. The van der Waals surface area contributed by atoms with E-state index < -0.39 is 62.0 Å². The SMILES string of the molecule is BPOC(=O)C(=C)CC(=O)OCCC(F)(F)CC(F)(F)CC(C)(F)F. The monoisotopic (exact) mass is 394 g/mol. The lowest BCUT2D eigenvalue weighted by atomic mass is 10.0. The van der Waals surface area contributed by atoms with Crippen LogP contribution in [-0.4, -0.2) is 43.9 Å². The molecule has 1 atom stereocenters. The number of halogens is 6. The van der Waals surface area contributed by atoms with E-state index in [4.69, 9.17) is 0 Å². The Balaban J connectivity index is 4.35. The van der Waals surface area contributed by atoms with Crippen LogP contribution in [0.25, 0.3) is 0 Å². The zero-order valence-electron chi connectivity index (χ0n) is 13.6. The first-order chi connectivity index (χ1) is 11.2. The Hall–Kier alpha value is -1.25. The van der Waals surface area contributed by atoms with Gasteiger partial charge in [-0.2, -0.15) is 0 Å². The molecule has 0 saturated heterocycles. The summed E-state index contributed by atoms with van der Waals surface area (Å²) in [6, 6.07) is 0. The Morgan fingerprint density at radius 2 is 1.64 bits per heavy atom. The normalized spacial score (nSPS) is 13.1. The van der Waals surface area contributed by atoms with Gasteiger partial charge < -0.3 is 9.26 Å². The third-order valence-corrected chi connectivity index (χ3v) is 3.05. The Bertz CT molecular complexity index is 495. The maximum atomic E-state index is 13.4. The maximum Gasteiger partial charge on any atom is 0.335 e. The molecule has 0 amide bonds. The highest BCUT2D eigenvalue weighted by Crippen LogP contribution is 2.39. The number of carbonyl (C=O) groups excluding carboxylic acids is 2.